The summed E-state index contributed by atoms with van der Waals surface area (Å²) in [4.78, 5) is 16.5. The number of aromatic nitrogens is 2. The molecule has 0 atom stereocenters. The predicted octanol–water partition coefficient (Wildman–Crippen LogP) is 4.18. The Bertz CT molecular complexity index is 859. The van der Waals surface area contributed by atoms with E-state index in [-0.39, 0.29) is 6.03 Å². The number of benzene rings is 1. The predicted molar refractivity (Wildman–Crippen MR) is 100 cm³/mol. The number of hydrogen-bond acceptors (Lipinski definition) is 2. The first kappa shape index (κ1) is 16.5. The van der Waals surface area contributed by atoms with Crippen molar-refractivity contribution in [2.24, 2.45) is 0 Å². The number of fused-ring (bicyclic) bond motifs is 1. The van der Waals surface area contributed by atoms with Gasteiger partial charge < -0.3 is 15.2 Å². The summed E-state index contributed by atoms with van der Waals surface area (Å²) in [6, 6.07) is 11.3. The summed E-state index contributed by atoms with van der Waals surface area (Å²) in [6.07, 6.45) is 4.69. The third-order valence-electron chi connectivity index (χ3n) is 3.86. The van der Waals surface area contributed by atoms with Gasteiger partial charge in [-0.15, -0.1) is 0 Å². The highest BCUT2D eigenvalue weighted by molar-refractivity contribution is 9.10. The lowest BCUT2D eigenvalue weighted by Crippen LogP contribution is -2.30. The second-order valence-electron chi connectivity index (χ2n) is 5.43. The molecule has 0 aliphatic heterocycles. The Hall–Kier alpha value is -2.34. The number of hydrogen-bond donors (Lipinski definition) is 2. The van der Waals surface area contributed by atoms with Crippen molar-refractivity contribution < 1.29 is 4.79 Å². The molecule has 0 radical (unpaired) electrons. The van der Waals surface area contributed by atoms with E-state index < -0.39 is 0 Å². The van der Waals surface area contributed by atoms with Crippen molar-refractivity contribution in [1.82, 2.24) is 14.9 Å². The van der Waals surface area contributed by atoms with Crippen LogP contribution in [0.3, 0.4) is 0 Å². The van der Waals surface area contributed by atoms with Gasteiger partial charge in [-0.2, -0.15) is 0 Å². The first-order chi connectivity index (χ1) is 11.7. The molecule has 3 rings (SSSR count). The maximum atomic E-state index is 12.0. The lowest BCUT2D eigenvalue weighted by molar-refractivity contribution is 0.252. The number of carbonyl (C=O) groups is 1. The van der Waals surface area contributed by atoms with E-state index in [1.165, 1.54) is 5.56 Å². The minimum absolute atomic E-state index is 0.209. The molecule has 6 heteroatoms. The van der Waals surface area contributed by atoms with E-state index in [4.69, 9.17) is 0 Å². The van der Waals surface area contributed by atoms with Gasteiger partial charge in [0.25, 0.3) is 0 Å². The zero-order valence-electron chi connectivity index (χ0n) is 13.4. The van der Waals surface area contributed by atoms with Crippen LogP contribution in [0.5, 0.6) is 0 Å². The van der Waals surface area contributed by atoms with E-state index in [0.29, 0.717) is 6.54 Å². The van der Waals surface area contributed by atoms with Gasteiger partial charge in [-0.25, -0.2) is 9.78 Å². The molecule has 0 aliphatic rings. The molecule has 5 nitrogen and oxygen atoms in total. The van der Waals surface area contributed by atoms with Crippen molar-refractivity contribution in [3.63, 3.8) is 0 Å². The van der Waals surface area contributed by atoms with Gasteiger partial charge in [-0.1, -0.05) is 12.1 Å². The molecule has 0 spiro atoms. The van der Waals surface area contributed by atoms with E-state index in [9.17, 15) is 4.79 Å². The van der Waals surface area contributed by atoms with Crippen LogP contribution in [0.2, 0.25) is 0 Å². The van der Waals surface area contributed by atoms with Crippen LogP contribution in [0.15, 0.2) is 53.3 Å². The van der Waals surface area contributed by atoms with Gasteiger partial charge in [0, 0.05) is 35.3 Å². The zero-order valence-corrected chi connectivity index (χ0v) is 15.0. The number of nitrogens with zero attached hydrogens (tertiary/aromatic N) is 2. The number of amides is 2. The number of rotatable bonds is 5. The minimum atomic E-state index is -0.209. The molecule has 0 unspecified atom stereocenters. The second kappa shape index (κ2) is 7.49. The fourth-order valence-corrected chi connectivity index (χ4v) is 3.06. The number of anilines is 1. The standard InChI is InChI=1S/C18H19BrN4O/c1-2-23-12-13(14-6-5-10-20-17(14)23)9-11-21-18(24)22-16-8-4-3-7-15(16)19/h3-8,10,12H,2,9,11H2,1H3,(H2,21,22,24). The van der Waals surface area contributed by atoms with Crippen LogP contribution in [0.1, 0.15) is 12.5 Å². The summed E-state index contributed by atoms with van der Waals surface area (Å²) in [5.74, 6) is 0. The molecule has 24 heavy (non-hydrogen) atoms. The molecule has 0 saturated carbocycles. The van der Waals surface area contributed by atoms with Gasteiger partial charge in [-0.3, -0.25) is 0 Å². The summed E-state index contributed by atoms with van der Waals surface area (Å²) in [6.45, 7) is 3.54. The van der Waals surface area contributed by atoms with E-state index >= 15 is 0 Å². The first-order valence-corrected chi connectivity index (χ1v) is 8.70. The van der Waals surface area contributed by atoms with Gasteiger partial charge >= 0.3 is 6.03 Å². The molecule has 2 heterocycles. The quantitative estimate of drug-likeness (QED) is 0.690. The third-order valence-corrected chi connectivity index (χ3v) is 4.55. The number of halogens is 1. The van der Waals surface area contributed by atoms with Crippen molar-refractivity contribution >= 4 is 38.7 Å². The van der Waals surface area contributed by atoms with Crippen LogP contribution < -0.4 is 10.6 Å². The molecule has 0 aliphatic carbocycles. The Labute approximate surface area is 149 Å². The molecule has 0 bridgehead atoms. The summed E-state index contributed by atoms with van der Waals surface area (Å²) in [5.41, 5.74) is 2.94. The highest BCUT2D eigenvalue weighted by Gasteiger charge is 2.09. The number of urea groups is 1. The number of nitrogens with one attached hydrogen (secondary N) is 2. The molecule has 3 aromatic rings. The number of carbonyl (C=O) groups excluding carboxylic acids is 1. The van der Waals surface area contributed by atoms with Crippen LogP contribution >= 0.6 is 15.9 Å². The zero-order chi connectivity index (χ0) is 16.9. The fourth-order valence-electron chi connectivity index (χ4n) is 2.68. The lowest BCUT2D eigenvalue weighted by atomic mass is 10.1. The maximum absolute atomic E-state index is 12.0. The van der Waals surface area contributed by atoms with Crippen LogP contribution in [-0.2, 0) is 13.0 Å². The second-order valence-corrected chi connectivity index (χ2v) is 6.28. The van der Waals surface area contributed by atoms with Crippen molar-refractivity contribution in [3.05, 3.63) is 58.8 Å². The van der Waals surface area contributed by atoms with E-state index in [0.717, 1.165) is 34.2 Å². The Kier molecular flexibility index (Phi) is 5.15. The third kappa shape index (κ3) is 3.59. The van der Waals surface area contributed by atoms with E-state index in [2.05, 4.69) is 55.3 Å². The average Bonchev–Trinajstić information content (AvgIpc) is 2.95. The van der Waals surface area contributed by atoms with Crippen molar-refractivity contribution in [1.29, 1.82) is 0 Å². The highest BCUT2D eigenvalue weighted by Crippen LogP contribution is 2.21. The SMILES string of the molecule is CCn1cc(CCNC(=O)Nc2ccccc2Br)c2cccnc21. The molecule has 1 aromatic carbocycles. The molecular formula is C18H19BrN4O. The normalized spacial score (nSPS) is 10.8. The first-order valence-electron chi connectivity index (χ1n) is 7.91. The van der Waals surface area contributed by atoms with Crippen LogP contribution in [-0.4, -0.2) is 22.1 Å². The van der Waals surface area contributed by atoms with E-state index in [1.807, 2.05) is 36.5 Å². The van der Waals surface area contributed by atoms with Gasteiger partial charge in [0.2, 0.25) is 0 Å². The fraction of sp³-hybridized carbons (Fsp3) is 0.222. The highest BCUT2D eigenvalue weighted by atomic mass is 79.9. The lowest BCUT2D eigenvalue weighted by Gasteiger charge is -2.08. The summed E-state index contributed by atoms with van der Waals surface area (Å²) >= 11 is 3.42. The van der Waals surface area contributed by atoms with Crippen LogP contribution in [0.4, 0.5) is 10.5 Å². The molecular weight excluding hydrogens is 368 g/mol. The summed E-state index contributed by atoms with van der Waals surface area (Å²) < 4.78 is 2.99. The largest absolute Gasteiger partial charge is 0.338 e. The Morgan fingerprint density at radius 1 is 1.25 bits per heavy atom. The number of para-hydroxylation sites is 1. The Morgan fingerprint density at radius 3 is 2.88 bits per heavy atom. The molecule has 2 amide bonds. The monoisotopic (exact) mass is 386 g/mol. The molecule has 0 fully saturated rings. The number of pyridine rings is 1. The van der Waals surface area contributed by atoms with Crippen LogP contribution in [0.25, 0.3) is 11.0 Å². The van der Waals surface area contributed by atoms with Crippen LogP contribution in [0, 0.1) is 0 Å². The van der Waals surface area contributed by atoms with Crippen molar-refractivity contribution in [3.8, 4) is 0 Å². The summed E-state index contributed by atoms with van der Waals surface area (Å²) in [5, 5.41) is 6.88. The van der Waals surface area contributed by atoms with Crippen molar-refractivity contribution in [2.75, 3.05) is 11.9 Å². The maximum Gasteiger partial charge on any atom is 0.319 e. The molecule has 0 saturated heterocycles. The molecule has 2 aromatic heterocycles. The molecule has 2 N–H and O–H groups in total. The van der Waals surface area contributed by atoms with Gasteiger partial charge in [0.05, 0.1) is 5.69 Å². The van der Waals surface area contributed by atoms with Crippen molar-refractivity contribution in [2.45, 2.75) is 19.9 Å². The smallest absolute Gasteiger partial charge is 0.319 e. The molecule has 124 valence electrons. The Morgan fingerprint density at radius 2 is 2.08 bits per heavy atom. The van der Waals surface area contributed by atoms with Gasteiger partial charge in [-0.05, 0) is 59.1 Å². The van der Waals surface area contributed by atoms with Gasteiger partial charge in [0.1, 0.15) is 5.65 Å². The topological polar surface area (TPSA) is 59.0 Å². The summed E-state index contributed by atoms with van der Waals surface area (Å²) in [7, 11) is 0. The number of aryl methyl sites for hydroxylation is 1. The Balaban J connectivity index is 1.61. The minimum Gasteiger partial charge on any atom is -0.338 e. The van der Waals surface area contributed by atoms with E-state index in [1.54, 1.807) is 0 Å². The van der Waals surface area contributed by atoms with Gasteiger partial charge in [0.15, 0.2) is 0 Å². The average molecular weight is 387 g/mol.